The maximum Gasteiger partial charge on any atom is 0.223 e. The van der Waals surface area contributed by atoms with Crippen LogP contribution >= 0.6 is 11.3 Å². The van der Waals surface area contributed by atoms with Gasteiger partial charge < -0.3 is 9.84 Å². The van der Waals surface area contributed by atoms with Crippen molar-refractivity contribution in [2.75, 3.05) is 12.4 Å². The third-order valence-electron chi connectivity index (χ3n) is 5.41. The number of ketones is 1. The SMILES string of the molecule is CNc1ncc2c(n1)sc1nc(-c3ccc(CC(=O)Cc4cc(C(C)(C)C)on4)cc3)cn12. The van der Waals surface area contributed by atoms with E-state index in [2.05, 4.69) is 41.2 Å². The van der Waals surface area contributed by atoms with E-state index in [0.29, 0.717) is 18.1 Å². The van der Waals surface area contributed by atoms with Crippen molar-refractivity contribution in [3.8, 4) is 11.3 Å². The van der Waals surface area contributed by atoms with Gasteiger partial charge >= 0.3 is 0 Å². The van der Waals surface area contributed by atoms with Crippen molar-refractivity contribution >= 4 is 38.4 Å². The molecule has 5 aromatic rings. The number of fused-ring (bicyclic) bond motifs is 3. The largest absolute Gasteiger partial charge is 0.361 e. The Morgan fingerprint density at radius 3 is 2.64 bits per heavy atom. The van der Waals surface area contributed by atoms with E-state index >= 15 is 0 Å². The highest BCUT2D eigenvalue weighted by Gasteiger charge is 2.20. The lowest BCUT2D eigenvalue weighted by molar-refractivity contribution is -0.117. The molecule has 4 heterocycles. The van der Waals surface area contributed by atoms with Gasteiger partial charge in [0.05, 0.1) is 24.0 Å². The van der Waals surface area contributed by atoms with Gasteiger partial charge in [-0.1, -0.05) is 61.5 Å². The first-order valence-electron chi connectivity index (χ1n) is 10.7. The summed E-state index contributed by atoms with van der Waals surface area (Å²) in [5, 5.41) is 7.00. The molecule has 0 aliphatic carbocycles. The molecule has 0 spiro atoms. The highest BCUT2D eigenvalue weighted by molar-refractivity contribution is 7.23. The van der Waals surface area contributed by atoms with Gasteiger partial charge in [0.1, 0.15) is 21.9 Å². The third-order valence-corrected chi connectivity index (χ3v) is 6.37. The number of nitrogens with one attached hydrogen (secondary N) is 1. The van der Waals surface area contributed by atoms with Gasteiger partial charge in [0.2, 0.25) is 5.95 Å². The summed E-state index contributed by atoms with van der Waals surface area (Å²) < 4.78 is 7.39. The average Bonchev–Trinajstić information content (AvgIpc) is 3.48. The second-order valence-electron chi connectivity index (χ2n) is 9.04. The van der Waals surface area contributed by atoms with Crippen molar-refractivity contribution in [1.29, 1.82) is 0 Å². The zero-order valence-electron chi connectivity index (χ0n) is 18.9. The zero-order chi connectivity index (χ0) is 23.2. The van der Waals surface area contributed by atoms with Crippen LogP contribution < -0.4 is 5.32 Å². The van der Waals surface area contributed by atoms with E-state index in [0.717, 1.165) is 37.9 Å². The highest BCUT2D eigenvalue weighted by atomic mass is 32.1. The van der Waals surface area contributed by atoms with Crippen molar-refractivity contribution in [2.24, 2.45) is 0 Å². The fourth-order valence-corrected chi connectivity index (χ4v) is 4.54. The Labute approximate surface area is 194 Å². The van der Waals surface area contributed by atoms with Gasteiger partial charge in [-0.25, -0.2) is 15.0 Å². The van der Waals surface area contributed by atoms with E-state index in [9.17, 15) is 4.79 Å². The molecule has 168 valence electrons. The Kier molecular flexibility index (Phi) is 5.20. The number of carbonyl (C=O) groups is 1. The lowest BCUT2D eigenvalue weighted by Crippen LogP contribution is -2.09. The molecule has 4 aromatic heterocycles. The standard InChI is InChI=1S/C24H24N6O2S/c1-24(2,3)20-11-16(29-32-20)10-17(31)9-14-5-7-15(8-6-14)18-13-30-19-12-26-22(25-4)28-21(19)33-23(30)27-18/h5-8,11-13H,9-10H2,1-4H3,(H,25,26,28). The van der Waals surface area contributed by atoms with Crippen LogP contribution in [-0.2, 0) is 23.1 Å². The zero-order valence-corrected chi connectivity index (χ0v) is 19.7. The summed E-state index contributed by atoms with van der Waals surface area (Å²) in [5.41, 5.74) is 4.31. The Bertz CT molecular complexity index is 1460. The number of thiazole rings is 1. The van der Waals surface area contributed by atoms with Crippen LogP contribution in [0.25, 0.3) is 26.6 Å². The summed E-state index contributed by atoms with van der Waals surface area (Å²) in [5.74, 6) is 1.48. The number of rotatable bonds is 6. The number of imidazole rings is 1. The van der Waals surface area contributed by atoms with Gasteiger partial charge in [0, 0.05) is 36.7 Å². The molecule has 0 saturated heterocycles. The number of nitrogens with zero attached hydrogens (tertiary/aromatic N) is 5. The maximum absolute atomic E-state index is 12.5. The second kappa shape index (κ2) is 8.08. The number of Topliss-reactive ketones (excluding diaryl/α,β-unsaturated/α-hetero) is 1. The van der Waals surface area contributed by atoms with E-state index in [-0.39, 0.29) is 17.6 Å². The smallest absolute Gasteiger partial charge is 0.223 e. The summed E-state index contributed by atoms with van der Waals surface area (Å²) in [4.78, 5) is 27.8. The molecule has 0 atom stereocenters. The van der Waals surface area contributed by atoms with E-state index in [4.69, 9.17) is 9.51 Å². The molecule has 0 bridgehead atoms. The predicted octanol–water partition coefficient (Wildman–Crippen LogP) is 4.69. The van der Waals surface area contributed by atoms with Crippen LogP contribution in [0.1, 0.15) is 37.8 Å². The van der Waals surface area contributed by atoms with E-state index in [1.165, 1.54) is 11.3 Å². The minimum Gasteiger partial charge on any atom is -0.361 e. The molecule has 0 radical (unpaired) electrons. The fourth-order valence-electron chi connectivity index (χ4n) is 3.59. The first kappa shape index (κ1) is 21.3. The minimum atomic E-state index is -0.124. The molecule has 0 unspecified atom stereocenters. The lowest BCUT2D eigenvalue weighted by atomic mass is 9.93. The van der Waals surface area contributed by atoms with Crippen LogP contribution in [0.15, 0.2) is 47.2 Å². The molecular weight excluding hydrogens is 436 g/mol. The number of aromatic nitrogens is 5. The summed E-state index contributed by atoms with van der Waals surface area (Å²) in [7, 11) is 1.80. The molecule has 0 aliphatic heterocycles. The molecule has 0 fully saturated rings. The molecule has 0 amide bonds. The van der Waals surface area contributed by atoms with Gasteiger partial charge in [0.25, 0.3) is 0 Å². The molecule has 33 heavy (non-hydrogen) atoms. The number of benzene rings is 1. The van der Waals surface area contributed by atoms with Crippen molar-refractivity contribution in [1.82, 2.24) is 24.5 Å². The highest BCUT2D eigenvalue weighted by Crippen LogP contribution is 2.29. The van der Waals surface area contributed by atoms with Gasteiger partial charge in [-0.15, -0.1) is 0 Å². The molecule has 1 aromatic carbocycles. The van der Waals surface area contributed by atoms with Crippen molar-refractivity contribution in [2.45, 2.75) is 39.0 Å². The molecule has 0 aliphatic rings. The first-order valence-corrected chi connectivity index (χ1v) is 11.5. The van der Waals surface area contributed by atoms with Crippen LogP contribution in [0.3, 0.4) is 0 Å². The van der Waals surface area contributed by atoms with Crippen molar-refractivity contribution < 1.29 is 9.32 Å². The van der Waals surface area contributed by atoms with Gasteiger partial charge in [-0.05, 0) is 5.56 Å². The maximum atomic E-state index is 12.5. The Balaban J connectivity index is 1.29. The lowest BCUT2D eigenvalue weighted by Gasteiger charge is -2.12. The van der Waals surface area contributed by atoms with Crippen LogP contribution in [0.2, 0.25) is 0 Å². The summed E-state index contributed by atoms with van der Waals surface area (Å²) in [6.07, 6.45) is 4.42. The van der Waals surface area contributed by atoms with Gasteiger partial charge in [-0.2, -0.15) is 0 Å². The average molecular weight is 461 g/mol. The molecule has 8 nitrogen and oxygen atoms in total. The topological polar surface area (TPSA) is 98.2 Å². The first-order chi connectivity index (χ1) is 15.8. The Hall–Kier alpha value is -3.59. The summed E-state index contributed by atoms with van der Waals surface area (Å²) in [6, 6.07) is 9.83. The van der Waals surface area contributed by atoms with E-state index in [1.54, 1.807) is 13.2 Å². The minimum absolute atomic E-state index is 0.103. The van der Waals surface area contributed by atoms with Crippen molar-refractivity contribution in [3.63, 3.8) is 0 Å². The van der Waals surface area contributed by atoms with Crippen LogP contribution in [-0.4, -0.2) is 37.3 Å². The van der Waals surface area contributed by atoms with Gasteiger partial charge in [-0.3, -0.25) is 9.20 Å². The second-order valence-corrected chi connectivity index (χ2v) is 9.99. The third kappa shape index (κ3) is 4.23. The molecule has 0 saturated carbocycles. The van der Waals surface area contributed by atoms with E-state index in [1.807, 2.05) is 40.9 Å². The van der Waals surface area contributed by atoms with E-state index < -0.39 is 0 Å². The molecule has 5 rings (SSSR count). The molecule has 9 heteroatoms. The number of hydrogen-bond acceptors (Lipinski definition) is 8. The molecular formula is C24H24N6O2S. The monoisotopic (exact) mass is 460 g/mol. The number of carbonyl (C=O) groups excluding carboxylic acids is 1. The Morgan fingerprint density at radius 1 is 1.15 bits per heavy atom. The van der Waals surface area contributed by atoms with Crippen molar-refractivity contribution in [3.05, 3.63) is 59.7 Å². The summed E-state index contributed by atoms with van der Waals surface area (Å²) in [6.45, 7) is 6.17. The summed E-state index contributed by atoms with van der Waals surface area (Å²) >= 11 is 1.52. The quantitative estimate of drug-likeness (QED) is 0.393. The fraction of sp³-hybridized carbons (Fsp3) is 0.292. The predicted molar refractivity (Wildman–Crippen MR) is 129 cm³/mol. The number of anilines is 1. The van der Waals surface area contributed by atoms with Crippen LogP contribution in [0.5, 0.6) is 0 Å². The normalized spacial score (nSPS) is 12.0. The van der Waals surface area contributed by atoms with Crippen LogP contribution in [0, 0.1) is 0 Å². The van der Waals surface area contributed by atoms with Gasteiger partial charge in [0.15, 0.2) is 4.96 Å². The Morgan fingerprint density at radius 2 is 1.94 bits per heavy atom. The van der Waals surface area contributed by atoms with Crippen LogP contribution in [0.4, 0.5) is 5.95 Å². The number of hydrogen-bond donors (Lipinski definition) is 1. The molecule has 1 N–H and O–H groups in total.